The van der Waals surface area contributed by atoms with Gasteiger partial charge in [0.1, 0.15) is 0 Å². The van der Waals surface area contributed by atoms with E-state index in [9.17, 15) is 10.5 Å². The van der Waals surface area contributed by atoms with Gasteiger partial charge < -0.3 is 9.47 Å². The first-order valence-corrected chi connectivity index (χ1v) is 17.9. The summed E-state index contributed by atoms with van der Waals surface area (Å²) < 4.78 is 2.44. The van der Waals surface area contributed by atoms with Crippen molar-refractivity contribution in [2.75, 3.05) is 0 Å². The first-order chi connectivity index (χ1) is 24.1. The van der Waals surface area contributed by atoms with Crippen molar-refractivity contribution in [3.63, 3.8) is 0 Å². The van der Waals surface area contributed by atoms with Gasteiger partial charge in [0.05, 0.1) is 36.1 Å². The first kappa shape index (κ1) is 29.8. The fourth-order valence-electron chi connectivity index (χ4n) is 9.44. The molecule has 0 spiro atoms. The summed E-state index contributed by atoms with van der Waals surface area (Å²) in [5, 5.41) is 22.4. The summed E-state index contributed by atoms with van der Waals surface area (Å²) >= 11 is 0. The van der Waals surface area contributed by atoms with Crippen molar-refractivity contribution >= 4 is 21.8 Å². The predicted octanol–water partition coefficient (Wildman–Crippen LogP) is 10.4. The smallest absolute Gasteiger partial charge is 0.0708 e. The van der Waals surface area contributed by atoms with Gasteiger partial charge in [-0.1, -0.05) is 90.6 Å². The zero-order valence-corrected chi connectivity index (χ0v) is 27.9. The molecule has 1 fully saturated rings. The highest BCUT2D eigenvalue weighted by Crippen LogP contribution is 2.50. The van der Waals surface area contributed by atoms with Gasteiger partial charge in [0.15, 0.2) is 0 Å². The molecule has 4 aliphatic carbocycles. The minimum atomic E-state index is -0.0726. The zero-order chi connectivity index (χ0) is 33.1. The fraction of sp³-hybridized carbons (Fsp3) is 0.289. The van der Waals surface area contributed by atoms with Crippen molar-refractivity contribution in [1.82, 2.24) is 9.47 Å². The van der Waals surface area contributed by atoms with Crippen molar-refractivity contribution in [3.8, 4) is 23.3 Å². The molecule has 0 radical (unpaired) electrons. The summed E-state index contributed by atoms with van der Waals surface area (Å²) in [5.41, 5.74) is 10.1. The molecule has 9 rings (SSSR count). The Labute approximate surface area is 289 Å². The maximum atomic E-state index is 10.1. The Balaban J connectivity index is 1.13. The average Bonchev–Trinajstić information content (AvgIpc) is 3.67. The lowest BCUT2D eigenvalue weighted by atomic mass is 9.79. The Morgan fingerprint density at radius 2 is 1.59 bits per heavy atom. The highest BCUT2D eigenvalue weighted by Gasteiger charge is 2.48. The minimum Gasteiger partial charge on any atom is -0.360 e. The molecule has 5 aliphatic rings. The van der Waals surface area contributed by atoms with Crippen LogP contribution in [0.4, 0.5) is 0 Å². The lowest BCUT2D eigenvalue weighted by molar-refractivity contribution is 0.225. The summed E-state index contributed by atoms with van der Waals surface area (Å²) in [6.45, 7) is 2.16. The number of rotatable bonds is 4. The van der Waals surface area contributed by atoms with Gasteiger partial charge in [-0.05, 0) is 97.7 Å². The van der Waals surface area contributed by atoms with Gasteiger partial charge in [-0.15, -0.1) is 0 Å². The van der Waals surface area contributed by atoms with Crippen LogP contribution in [-0.4, -0.2) is 21.6 Å². The lowest BCUT2D eigenvalue weighted by Crippen LogP contribution is -2.40. The molecule has 4 heteroatoms. The lowest BCUT2D eigenvalue weighted by Gasteiger charge is -2.39. The van der Waals surface area contributed by atoms with Gasteiger partial charge in [0.25, 0.3) is 0 Å². The maximum Gasteiger partial charge on any atom is 0.0708 e. The van der Waals surface area contributed by atoms with E-state index in [1.807, 2.05) is 0 Å². The average molecular weight is 637 g/mol. The Kier molecular flexibility index (Phi) is 7.28. The fourth-order valence-corrected chi connectivity index (χ4v) is 9.44. The van der Waals surface area contributed by atoms with E-state index < -0.39 is 0 Å². The SMILES string of the molecule is Cc1ccc2c(c1)c1cc(-c3cccc(C4C=CC=C5C6C=CCCC6N(C6=CC(C#N)CC=C6)C54)c3)ccc1n2C1CC=CCC1C#N. The van der Waals surface area contributed by atoms with Crippen molar-refractivity contribution < 1.29 is 0 Å². The van der Waals surface area contributed by atoms with E-state index in [2.05, 4.69) is 150 Å². The molecule has 0 bridgehead atoms. The Bertz CT molecular complexity index is 2260. The molecule has 0 amide bonds. The van der Waals surface area contributed by atoms with E-state index >= 15 is 0 Å². The van der Waals surface area contributed by atoms with Crippen LogP contribution in [0.1, 0.15) is 55.2 Å². The third-order valence-corrected chi connectivity index (χ3v) is 11.7. The molecule has 3 aromatic carbocycles. The first-order valence-electron chi connectivity index (χ1n) is 17.9. The number of allylic oxidation sites excluding steroid dienone is 8. The molecule has 7 unspecified atom stereocenters. The number of hydrogen-bond acceptors (Lipinski definition) is 3. The van der Waals surface area contributed by atoms with Crippen LogP contribution in [0.15, 0.2) is 133 Å². The second kappa shape index (κ2) is 12.0. The topological polar surface area (TPSA) is 55.8 Å². The molecule has 0 N–H and O–H groups in total. The second-order valence-corrected chi connectivity index (χ2v) is 14.5. The van der Waals surface area contributed by atoms with Gasteiger partial charge in [0, 0.05) is 45.4 Å². The van der Waals surface area contributed by atoms with Crippen LogP contribution in [0, 0.1) is 47.3 Å². The maximum absolute atomic E-state index is 10.1. The second-order valence-electron chi connectivity index (χ2n) is 14.5. The van der Waals surface area contributed by atoms with Crippen molar-refractivity contribution in [2.24, 2.45) is 17.8 Å². The molecule has 1 aliphatic heterocycles. The van der Waals surface area contributed by atoms with Crippen molar-refractivity contribution in [1.29, 1.82) is 10.5 Å². The number of aryl methyl sites for hydroxylation is 1. The van der Waals surface area contributed by atoms with Gasteiger partial charge in [-0.3, -0.25) is 0 Å². The van der Waals surface area contributed by atoms with E-state index in [1.54, 1.807) is 0 Å². The highest BCUT2D eigenvalue weighted by atomic mass is 15.2. The molecule has 7 atom stereocenters. The van der Waals surface area contributed by atoms with E-state index in [0.717, 1.165) is 32.1 Å². The minimum absolute atomic E-state index is 0.0379. The summed E-state index contributed by atoms with van der Waals surface area (Å²) in [6.07, 6.45) is 27.6. The Morgan fingerprint density at radius 3 is 2.47 bits per heavy atom. The van der Waals surface area contributed by atoms with E-state index in [4.69, 9.17) is 0 Å². The number of nitrogens with zero attached hydrogens (tertiary/aromatic N) is 4. The van der Waals surface area contributed by atoms with E-state index in [-0.39, 0.29) is 29.8 Å². The normalized spacial score (nSPS) is 28.6. The number of nitriles is 2. The number of fused-ring (bicyclic) bond motifs is 6. The van der Waals surface area contributed by atoms with Crippen molar-refractivity contribution in [3.05, 3.63) is 144 Å². The number of aromatic nitrogens is 1. The molecule has 0 saturated carbocycles. The molecule has 2 heterocycles. The Morgan fingerprint density at radius 1 is 0.755 bits per heavy atom. The van der Waals surface area contributed by atoms with Crippen LogP contribution in [0.3, 0.4) is 0 Å². The standard InChI is InChI=1S/C45H40N4/c1-29-19-21-43-39(23-29)40-26-32(20-22-44(40)49(43)41-17-4-2-10-34(41)28-47)31-11-7-12-33(25-31)36-15-8-16-38-37-14-3-5-18-42(37)48(45(36)38)35-13-6-9-30(24-35)27-46/h2-4,6-8,11-16,19-26,30,34,36-37,41-42,45H,5,9-10,17-18H2,1H3. The van der Waals surface area contributed by atoms with Gasteiger partial charge >= 0.3 is 0 Å². The summed E-state index contributed by atoms with van der Waals surface area (Å²) in [4.78, 5) is 2.67. The van der Waals surface area contributed by atoms with Crippen LogP contribution in [0.2, 0.25) is 0 Å². The number of hydrogen-bond donors (Lipinski definition) is 0. The zero-order valence-electron chi connectivity index (χ0n) is 27.9. The quantitative estimate of drug-likeness (QED) is 0.210. The molecule has 49 heavy (non-hydrogen) atoms. The third-order valence-electron chi connectivity index (χ3n) is 11.7. The van der Waals surface area contributed by atoms with E-state index in [1.165, 1.54) is 55.3 Å². The number of likely N-dealkylation sites (tertiary alicyclic amines) is 1. The third kappa shape index (κ3) is 4.85. The molecule has 4 nitrogen and oxygen atoms in total. The highest BCUT2D eigenvalue weighted by molar-refractivity contribution is 6.09. The van der Waals surface area contributed by atoms with Gasteiger partial charge in [0.2, 0.25) is 0 Å². The monoisotopic (exact) mass is 636 g/mol. The molecular weight excluding hydrogens is 597 g/mol. The molecule has 240 valence electrons. The largest absolute Gasteiger partial charge is 0.360 e. The summed E-state index contributed by atoms with van der Waals surface area (Å²) in [6, 6.07) is 28.7. The van der Waals surface area contributed by atoms with Crippen molar-refractivity contribution in [2.45, 2.75) is 63.1 Å². The van der Waals surface area contributed by atoms with Crippen LogP contribution < -0.4 is 0 Å². The van der Waals surface area contributed by atoms with Gasteiger partial charge in [-0.25, -0.2) is 0 Å². The molecule has 1 aromatic heterocycles. The predicted molar refractivity (Wildman–Crippen MR) is 198 cm³/mol. The number of benzene rings is 3. The molecular formula is C45H40N4. The van der Waals surface area contributed by atoms with Crippen LogP contribution in [0.5, 0.6) is 0 Å². The van der Waals surface area contributed by atoms with Gasteiger partial charge in [-0.2, -0.15) is 10.5 Å². The molecule has 1 saturated heterocycles. The van der Waals surface area contributed by atoms with Crippen LogP contribution in [0.25, 0.3) is 32.9 Å². The molecule has 4 aromatic rings. The van der Waals surface area contributed by atoms with E-state index in [0.29, 0.717) is 12.0 Å². The van der Waals surface area contributed by atoms with Crippen LogP contribution in [-0.2, 0) is 0 Å². The van der Waals surface area contributed by atoms with Crippen LogP contribution >= 0.6 is 0 Å². The summed E-state index contributed by atoms with van der Waals surface area (Å²) in [7, 11) is 0. The Hall–Kier alpha value is -5.32. The summed E-state index contributed by atoms with van der Waals surface area (Å²) in [5.74, 6) is 0.488.